The van der Waals surface area contributed by atoms with Gasteiger partial charge in [0.2, 0.25) is 5.91 Å². The van der Waals surface area contributed by atoms with Crippen LogP contribution >= 0.6 is 0 Å². The zero-order valence-corrected chi connectivity index (χ0v) is 21.6. The first-order chi connectivity index (χ1) is 14.2. The molecule has 0 saturated carbocycles. The maximum atomic E-state index is 10.0. The van der Waals surface area contributed by atoms with Crippen molar-refractivity contribution in [3.63, 3.8) is 0 Å². The molecule has 0 fully saturated rings. The lowest BCUT2D eigenvalue weighted by molar-refractivity contribution is -0.119. The summed E-state index contributed by atoms with van der Waals surface area (Å²) in [6.07, 6.45) is 23.4. The first kappa shape index (κ1) is 35.8. The molecule has 0 aliphatic rings. The summed E-state index contributed by atoms with van der Waals surface area (Å²) >= 11 is 0. The molecule has 0 bridgehead atoms. The minimum atomic E-state index is -0.0627. The summed E-state index contributed by atoms with van der Waals surface area (Å²) in [7, 11) is 0. The molecule has 3 nitrogen and oxygen atoms in total. The quantitative estimate of drug-likeness (QED) is 0.188. The highest BCUT2D eigenvalue weighted by molar-refractivity contribution is 5.72. The van der Waals surface area contributed by atoms with Crippen molar-refractivity contribution in [1.29, 1.82) is 0 Å². The maximum Gasteiger partial charge on any atom is 0.217 e. The molecule has 0 saturated heterocycles. The van der Waals surface area contributed by atoms with Crippen molar-refractivity contribution in [3.8, 4) is 0 Å². The Labute approximate surface area is 185 Å². The topological polar surface area (TPSA) is 52.0 Å². The summed E-state index contributed by atoms with van der Waals surface area (Å²) in [6, 6.07) is 0. The van der Waals surface area contributed by atoms with Gasteiger partial charge in [0, 0.05) is 6.92 Å². The van der Waals surface area contributed by atoms with Crippen LogP contribution in [0.15, 0.2) is 0 Å². The van der Waals surface area contributed by atoms with Crippen molar-refractivity contribution in [3.05, 3.63) is 0 Å². The Morgan fingerprint density at radius 2 is 0.828 bits per heavy atom. The van der Waals surface area contributed by atoms with Crippen LogP contribution in [0, 0.1) is 0 Å². The number of hydrogen-bond donors (Lipinski definition) is 1. The fraction of sp³-hybridized carbons (Fsp3) is 0.962. The highest BCUT2D eigenvalue weighted by atomic mass is 16.3. The molecule has 3 heteroatoms. The van der Waals surface area contributed by atoms with Crippen molar-refractivity contribution < 1.29 is 9.90 Å². The van der Waals surface area contributed by atoms with E-state index in [1.54, 1.807) is 0 Å². The average Bonchev–Trinajstić information content (AvgIpc) is 2.76. The Kier molecular flexibility index (Phi) is 51.6. The van der Waals surface area contributed by atoms with Crippen LogP contribution in [0.5, 0.6) is 0 Å². The zero-order valence-electron chi connectivity index (χ0n) is 21.6. The summed E-state index contributed by atoms with van der Waals surface area (Å²) in [5.74, 6) is -0.0627. The van der Waals surface area contributed by atoms with Gasteiger partial charge in [-0.2, -0.15) is 0 Å². The van der Waals surface area contributed by atoms with Gasteiger partial charge in [0.15, 0.2) is 6.61 Å². The van der Waals surface area contributed by atoms with E-state index >= 15 is 0 Å². The van der Waals surface area contributed by atoms with E-state index in [9.17, 15) is 4.79 Å². The molecule has 0 aromatic rings. The predicted octanol–water partition coefficient (Wildman–Crippen LogP) is 8.17. The zero-order chi connectivity index (χ0) is 23.0. The lowest BCUT2D eigenvalue weighted by atomic mass is 10.0. The number of rotatable bonds is 17. The average molecular weight is 419 g/mol. The second-order valence-electron chi connectivity index (χ2n) is 7.18. The maximum absolute atomic E-state index is 10.0. The summed E-state index contributed by atoms with van der Waals surface area (Å²) < 4.78 is 0. The molecule has 0 unspecified atom stereocenters. The van der Waals surface area contributed by atoms with Crippen LogP contribution in [0.2, 0.25) is 0 Å². The summed E-state index contributed by atoms with van der Waals surface area (Å²) in [4.78, 5) is 10.0. The standard InChI is InChI=1S/C18H38.C4H9NO2.2C2H6/c1-3-5-7-9-11-13-15-17-18-16-14-12-10-8-6-4-2;1-4(7)5-2-3-6;2*1-2/h3-18H2,1-2H3;6H,2-3H2,1H3,(H,5,7);2*1-2H3/p+1. The molecule has 0 atom stereocenters. The largest absolute Gasteiger partial charge is 0.444 e. The Morgan fingerprint density at radius 3 is 0.966 bits per heavy atom. The normalized spacial score (nSPS) is 9.24. The van der Waals surface area contributed by atoms with Crippen molar-refractivity contribution in [2.75, 3.05) is 13.2 Å². The van der Waals surface area contributed by atoms with E-state index in [0.29, 0.717) is 6.54 Å². The highest BCUT2D eigenvalue weighted by Gasteiger charge is 1.93. The van der Waals surface area contributed by atoms with Crippen molar-refractivity contribution in [2.45, 2.75) is 151 Å². The monoisotopic (exact) mass is 418 g/mol. The van der Waals surface area contributed by atoms with E-state index < -0.39 is 0 Å². The highest BCUT2D eigenvalue weighted by Crippen LogP contribution is 2.13. The summed E-state index contributed by atoms with van der Waals surface area (Å²) in [6.45, 7) is 14.8. The molecule has 1 amide bonds. The summed E-state index contributed by atoms with van der Waals surface area (Å²) in [5.41, 5.74) is 0. The Balaban J connectivity index is -0.000000237. The molecule has 0 spiro atoms. The van der Waals surface area contributed by atoms with Gasteiger partial charge in [-0.05, 0) is 0 Å². The van der Waals surface area contributed by atoms with E-state index in [0.717, 1.165) is 0 Å². The van der Waals surface area contributed by atoms with Gasteiger partial charge in [0.1, 0.15) is 0 Å². The minimum Gasteiger partial charge on any atom is -0.444 e. The van der Waals surface area contributed by atoms with E-state index in [-0.39, 0.29) is 12.5 Å². The van der Waals surface area contributed by atoms with Gasteiger partial charge in [0.25, 0.3) is 0 Å². The molecule has 0 aromatic heterocycles. The van der Waals surface area contributed by atoms with Gasteiger partial charge >= 0.3 is 0 Å². The van der Waals surface area contributed by atoms with Gasteiger partial charge in [0.05, 0.1) is 6.54 Å². The van der Waals surface area contributed by atoms with Crippen LogP contribution in [0.25, 0.3) is 0 Å². The number of unbranched alkanes of at least 4 members (excludes halogenated alkanes) is 15. The van der Waals surface area contributed by atoms with Gasteiger partial charge < -0.3 is 10.4 Å². The van der Waals surface area contributed by atoms with Crippen LogP contribution in [0.3, 0.4) is 0 Å². The van der Waals surface area contributed by atoms with E-state index in [1.807, 2.05) is 27.7 Å². The third-order valence-electron chi connectivity index (χ3n) is 4.46. The Bertz CT molecular complexity index is 229. The molecule has 0 radical (unpaired) electrons. The predicted molar refractivity (Wildman–Crippen MR) is 135 cm³/mol. The van der Waals surface area contributed by atoms with Gasteiger partial charge in [-0.25, -0.2) is 0 Å². The van der Waals surface area contributed by atoms with E-state index in [1.165, 1.54) is 110 Å². The fourth-order valence-electron chi connectivity index (χ4n) is 2.86. The van der Waals surface area contributed by atoms with Crippen molar-refractivity contribution in [2.24, 2.45) is 0 Å². The molecule has 0 aromatic carbocycles. The number of carbonyl (C=O) groups excluding carboxylic acids is 1. The molecule has 180 valence electrons. The molecule has 0 rings (SSSR count). The number of amides is 1. The lowest BCUT2D eigenvalue weighted by Crippen LogP contribution is -2.22. The van der Waals surface area contributed by atoms with Crippen LogP contribution in [-0.4, -0.2) is 24.2 Å². The first-order valence-electron chi connectivity index (χ1n) is 13.1. The van der Waals surface area contributed by atoms with Gasteiger partial charge in [-0.15, -0.1) is 0 Å². The first-order valence-corrected chi connectivity index (χ1v) is 13.1. The van der Waals surface area contributed by atoms with Crippen molar-refractivity contribution >= 4 is 5.91 Å². The van der Waals surface area contributed by atoms with Crippen LogP contribution in [0.4, 0.5) is 0 Å². The third kappa shape index (κ3) is 52.2. The molecular weight excluding hydrogens is 358 g/mol. The lowest BCUT2D eigenvalue weighted by Gasteiger charge is -2.03. The van der Waals surface area contributed by atoms with E-state index in [2.05, 4.69) is 19.2 Å². The number of hydrogen-bond acceptors (Lipinski definition) is 1. The van der Waals surface area contributed by atoms with Crippen LogP contribution < -0.4 is 5.32 Å². The van der Waals surface area contributed by atoms with Gasteiger partial charge in [-0.3, -0.25) is 4.79 Å². The van der Waals surface area contributed by atoms with Crippen LogP contribution in [0.1, 0.15) is 151 Å². The molecule has 0 aliphatic heterocycles. The SMILES string of the molecule is CC.CC.CC(=O)NCC[OH2+].CCCCCCCCCCCCCCCCCC. The second-order valence-corrected chi connectivity index (χ2v) is 7.18. The Morgan fingerprint density at radius 1 is 0.586 bits per heavy atom. The molecule has 0 heterocycles. The van der Waals surface area contributed by atoms with Crippen molar-refractivity contribution in [1.82, 2.24) is 5.32 Å². The molecule has 3 N–H and O–H groups in total. The molecule has 0 aliphatic carbocycles. The van der Waals surface area contributed by atoms with Gasteiger partial charge in [-0.1, -0.05) is 144 Å². The second kappa shape index (κ2) is 41.7. The van der Waals surface area contributed by atoms with E-state index in [4.69, 9.17) is 5.11 Å². The Hall–Kier alpha value is -0.570. The third-order valence-corrected chi connectivity index (χ3v) is 4.46. The minimum absolute atomic E-state index is 0.0627. The molecular formula is C26H60NO2+. The fourth-order valence-corrected chi connectivity index (χ4v) is 2.86. The number of carbonyl (C=O) groups is 1. The smallest absolute Gasteiger partial charge is 0.217 e. The molecule has 29 heavy (non-hydrogen) atoms. The number of nitrogens with one attached hydrogen (secondary N) is 1. The summed E-state index contributed by atoms with van der Waals surface area (Å²) in [5, 5.41) is 9.05. The van der Waals surface area contributed by atoms with Crippen LogP contribution in [-0.2, 0) is 4.79 Å².